The van der Waals surface area contributed by atoms with Crippen molar-refractivity contribution in [3.63, 3.8) is 0 Å². The molecule has 31 heavy (non-hydrogen) atoms. The van der Waals surface area contributed by atoms with Crippen molar-refractivity contribution in [1.29, 1.82) is 0 Å². The number of hydrogen-bond acceptors (Lipinski definition) is 3. The monoisotopic (exact) mass is 427 g/mol. The minimum atomic E-state index is -0.0720. The van der Waals surface area contributed by atoms with E-state index in [-0.39, 0.29) is 23.8 Å². The predicted octanol–water partition coefficient (Wildman–Crippen LogP) is 4.05. The van der Waals surface area contributed by atoms with Crippen LogP contribution in [-0.4, -0.2) is 60.4 Å². The van der Waals surface area contributed by atoms with E-state index in [0.717, 1.165) is 50.9 Å². The number of amides is 2. The first-order chi connectivity index (χ1) is 15.0. The van der Waals surface area contributed by atoms with Gasteiger partial charge in [0.15, 0.2) is 0 Å². The lowest BCUT2D eigenvalue weighted by molar-refractivity contribution is -0.136. The third-order valence-electron chi connectivity index (χ3n) is 7.36. The third kappa shape index (κ3) is 6.09. The Morgan fingerprint density at radius 2 is 1.65 bits per heavy atom. The van der Waals surface area contributed by atoms with E-state index in [9.17, 15) is 9.59 Å². The SMILES string of the molecule is CCC(C)CNC(=O)C(C1CCCC1)N1CCN(C(=O)C(CC)c2ccccc2)CC1. The van der Waals surface area contributed by atoms with Gasteiger partial charge >= 0.3 is 0 Å². The average Bonchev–Trinajstić information content (AvgIpc) is 3.33. The second-order valence-electron chi connectivity index (χ2n) is 9.48. The smallest absolute Gasteiger partial charge is 0.237 e. The van der Waals surface area contributed by atoms with Gasteiger partial charge in [-0.15, -0.1) is 0 Å². The summed E-state index contributed by atoms with van der Waals surface area (Å²) in [5.41, 5.74) is 1.10. The molecule has 0 radical (unpaired) electrons. The van der Waals surface area contributed by atoms with Crippen LogP contribution in [-0.2, 0) is 9.59 Å². The zero-order chi connectivity index (χ0) is 22.2. The molecule has 1 heterocycles. The van der Waals surface area contributed by atoms with E-state index in [1.165, 1.54) is 12.8 Å². The number of nitrogens with one attached hydrogen (secondary N) is 1. The van der Waals surface area contributed by atoms with Crippen molar-refractivity contribution in [1.82, 2.24) is 15.1 Å². The summed E-state index contributed by atoms with van der Waals surface area (Å²) in [5.74, 6) is 1.31. The molecule has 172 valence electrons. The van der Waals surface area contributed by atoms with Gasteiger partial charge < -0.3 is 10.2 Å². The van der Waals surface area contributed by atoms with Crippen LogP contribution in [0.15, 0.2) is 30.3 Å². The summed E-state index contributed by atoms with van der Waals surface area (Å²) in [7, 11) is 0. The summed E-state index contributed by atoms with van der Waals surface area (Å²) in [6, 6.07) is 10.1. The molecule has 1 N–H and O–H groups in total. The summed E-state index contributed by atoms with van der Waals surface area (Å²) in [6.45, 7) is 10.2. The molecule has 2 aliphatic rings. The summed E-state index contributed by atoms with van der Waals surface area (Å²) in [5, 5.41) is 3.23. The van der Waals surface area contributed by atoms with Gasteiger partial charge in [-0.3, -0.25) is 14.5 Å². The molecule has 1 aromatic rings. The van der Waals surface area contributed by atoms with E-state index >= 15 is 0 Å². The second-order valence-corrected chi connectivity index (χ2v) is 9.48. The first-order valence-electron chi connectivity index (χ1n) is 12.4. The van der Waals surface area contributed by atoms with Crippen LogP contribution in [0.2, 0.25) is 0 Å². The number of hydrogen-bond donors (Lipinski definition) is 1. The third-order valence-corrected chi connectivity index (χ3v) is 7.36. The van der Waals surface area contributed by atoms with Gasteiger partial charge in [-0.1, -0.05) is 70.4 Å². The van der Waals surface area contributed by atoms with Crippen molar-refractivity contribution in [3.05, 3.63) is 35.9 Å². The van der Waals surface area contributed by atoms with E-state index in [0.29, 0.717) is 24.9 Å². The minimum Gasteiger partial charge on any atom is -0.354 e. The quantitative estimate of drug-likeness (QED) is 0.647. The van der Waals surface area contributed by atoms with E-state index in [1.54, 1.807) is 0 Å². The highest BCUT2D eigenvalue weighted by molar-refractivity contribution is 5.84. The molecular weight excluding hydrogens is 386 g/mol. The fourth-order valence-corrected chi connectivity index (χ4v) is 5.15. The van der Waals surface area contributed by atoms with Crippen LogP contribution in [0.3, 0.4) is 0 Å². The Hall–Kier alpha value is -1.88. The number of piperazine rings is 1. The fourth-order valence-electron chi connectivity index (χ4n) is 5.15. The molecule has 5 nitrogen and oxygen atoms in total. The highest BCUT2D eigenvalue weighted by Gasteiger charge is 2.38. The second kappa shape index (κ2) is 11.7. The standard InChI is InChI=1S/C26H41N3O2/c1-4-20(3)19-27-25(30)24(22-13-9-10-14-22)28-15-17-29(18-16-28)26(31)23(5-2)21-11-7-6-8-12-21/h6-8,11-12,20,22-24H,4-5,9-10,13-19H2,1-3H3,(H,27,30). The first-order valence-corrected chi connectivity index (χ1v) is 12.4. The topological polar surface area (TPSA) is 52.7 Å². The Morgan fingerprint density at radius 1 is 1.00 bits per heavy atom. The van der Waals surface area contributed by atoms with Crippen molar-refractivity contribution in [3.8, 4) is 0 Å². The Bertz CT molecular complexity index is 694. The van der Waals surface area contributed by atoms with Gasteiger partial charge in [0.05, 0.1) is 12.0 Å². The number of benzene rings is 1. The lowest BCUT2D eigenvalue weighted by atomic mass is 9.93. The Morgan fingerprint density at radius 3 is 2.23 bits per heavy atom. The number of rotatable bonds is 9. The van der Waals surface area contributed by atoms with Crippen molar-refractivity contribution in [2.24, 2.45) is 11.8 Å². The molecule has 2 fully saturated rings. The summed E-state index contributed by atoms with van der Waals surface area (Å²) in [6.07, 6.45) is 6.64. The van der Waals surface area contributed by atoms with Crippen LogP contribution >= 0.6 is 0 Å². The maximum absolute atomic E-state index is 13.2. The molecule has 0 spiro atoms. The predicted molar refractivity (Wildman–Crippen MR) is 126 cm³/mol. The Kier molecular flexibility index (Phi) is 8.94. The van der Waals surface area contributed by atoms with Crippen molar-refractivity contribution >= 4 is 11.8 Å². The van der Waals surface area contributed by atoms with Gasteiger partial charge in [0.25, 0.3) is 0 Å². The molecule has 3 unspecified atom stereocenters. The molecule has 3 atom stereocenters. The Labute approximate surface area is 188 Å². The molecule has 1 aromatic carbocycles. The number of carbonyl (C=O) groups is 2. The molecule has 0 bridgehead atoms. The van der Waals surface area contributed by atoms with Crippen LogP contribution in [0, 0.1) is 11.8 Å². The van der Waals surface area contributed by atoms with E-state index in [4.69, 9.17) is 0 Å². The molecule has 3 rings (SSSR count). The maximum atomic E-state index is 13.2. The van der Waals surface area contributed by atoms with Gasteiger partial charge in [0.2, 0.25) is 11.8 Å². The zero-order valence-electron chi connectivity index (χ0n) is 19.7. The highest BCUT2D eigenvalue weighted by Crippen LogP contribution is 2.31. The van der Waals surface area contributed by atoms with Gasteiger partial charge in [0.1, 0.15) is 0 Å². The van der Waals surface area contributed by atoms with Crippen LogP contribution < -0.4 is 5.32 Å². The van der Waals surface area contributed by atoms with Crippen molar-refractivity contribution in [2.75, 3.05) is 32.7 Å². The van der Waals surface area contributed by atoms with E-state index in [1.807, 2.05) is 23.1 Å². The first kappa shape index (κ1) is 23.8. The van der Waals surface area contributed by atoms with Gasteiger partial charge in [-0.2, -0.15) is 0 Å². The average molecular weight is 428 g/mol. The molecule has 1 saturated heterocycles. The molecule has 1 aliphatic carbocycles. The summed E-state index contributed by atoms with van der Waals surface area (Å²) < 4.78 is 0. The number of carbonyl (C=O) groups excluding carboxylic acids is 2. The van der Waals surface area contributed by atoms with E-state index in [2.05, 4.69) is 43.1 Å². The molecule has 1 aliphatic heterocycles. The molecule has 5 heteroatoms. The van der Waals surface area contributed by atoms with Crippen LogP contribution in [0.25, 0.3) is 0 Å². The van der Waals surface area contributed by atoms with Gasteiger partial charge in [0, 0.05) is 32.7 Å². The minimum absolute atomic E-state index is 0.0418. The Balaban J connectivity index is 1.62. The molecule has 1 saturated carbocycles. The van der Waals surface area contributed by atoms with E-state index < -0.39 is 0 Å². The highest BCUT2D eigenvalue weighted by atomic mass is 16.2. The van der Waals surface area contributed by atoms with Crippen LogP contribution in [0.1, 0.15) is 70.8 Å². The van der Waals surface area contributed by atoms with Crippen LogP contribution in [0.5, 0.6) is 0 Å². The van der Waals surface area contributed by atoms with Crippen molar-refractivity contribution < 1.29 is 9.59 Å². The summed E-state index contributed by atoms with van der Waals surface area (Å²) in [4.78, 5) is 30.8. The fraction of sp³-hybridized carbons (Fsp3) is 0.692. The molecular formula is C26H41N3O2. The van der Waals surface area contributed by atoms with Gasteiger partial charge in [-0.05, 0) is 36.7 Å². The lowest BCUT2D eigenvalue weighted by Gasteiger charge is -2.41. The largest absolute Gasteiger partial charge is 0.354 e. The zero-order valence-corrected chi connectivity index (χ0v) is 19.7. The summed E-state index contributed by atoms with van der Waals surface area (Å²) >= 11 is 0. The lowest BCUT2D eigenvalue weighted by Crippen LogP contribution is -2.58. The normalized spacial score (nSPS) is 20.9. The maximum Gasteiger partial charge on any atom is 0.237 e. The van der Waals surface area contributed by atoms with Gasteiger partial charge in [-0.25, -0.2) is 0 Å². The molecule has 2 amide bonds. The van der Waals surface area contributed by atoms with Crippen molar-refractivity contribution in [2.45, 2.75) is 71.3 Å². The van der Waals surface area contributed by atoms with Crippen LogP contribution in [0.4, 0.5) is 0 Å². The number of nitrogens with zero attached hydrogens (tertiary/aromatic N) is 2. The molecule has 0 aromatic heterocycles.